The highest BCUT2D eigenvalue weighted by molar-refractivity contribution is 6.20. The van der Waals surface area contributed by atoms with Crippen LogP contribution in [0.3, 0.4) is 0 Å². The summed E-state index contributed by atoms with van der Waals surface area (Å²) in [5.41, 5.74) is -1.33. The first-order valence-electron chi connectivity index (χ1n) is 5.41. The third-order valence-corrected chi connectivity index (χ3v) is 3.30. The molecule has 2 fully saturated rings. The Balaban J connectivity index is 2.32. The van der Waals surface area contributed by atoms with Crippen LogP contribution in [0, 0.1) is 5.41 Å². The Labute approximate surface area is 97.3 Å². The molecule has 1 unspecified atom stereocenters. The summed E-state index contributed by atoms with van der Waals surface area (Å²) in [6, 6.07) is -1.35. The minimum absolute atomic E-state index is 0.297. The monoisotopic (exact) mass is 239 g/mol. The first-order chi connectivity index (χ1) is 7.96. The van der Waals surface area contributed by atoms with Crippen molar-refractivity contribution in [2.75, 3.05) is 0 Å². The zero-order valence-electron chi connectivity index (χ0n) is 9.33. The Kier molecular flexibility index (Phi) is 2.60. The predicted octanol–water partition coefficient (Wildman–Crippen LogP) is -0.973. The third kappa shape index (κ3) is 1.67. The van der Waals surface area contributed by atoms with E-state index in [0.717, 1.165) is 0 Å². The maximum atomic E-state index is 11.9. The summed E-state index contributed by atoms with van der Waals surface area (Å²) in [4.78, 5) is 45.8. The van der Waals surface area contributed by atoms with Gasteiger partial charge in [-0.3, -0.25) is 25.0 Å². The second-order valence-corrected chi connectivity index (χ2v) is 4.35. The van der Waals surface area contributed by atoms with E-state index in [1.807, 2.05) is 0 Å². The lowest BCUT2D eigenvalue weighted by atomic mass is 9.79. The van der Waals surface area contributed by atoms with E-state index in [9.17, 15) is 19.2 Å². The Bertz CT molecular complexity index is 398. The van der Waals surface area contributed by atoms with Crippen LogP contribution in [-0.2, 0) is 14.4 Å². The molecule has 1 aliphatic carbocycles. The summed E-state index contributed by atoms with van der Waals surface area (Å²) >= 11 is 0. The van der Waals surface area contributed by atoms with Gasteiger partial charge in [-0.15, -0.1) is 0 Å². The summed E-state index contributed by atoms with van der Waals surface area (Å²) < 4.78 is 0. The molecule has 1 saturated heterocycles. The van der Waals surface area contributed by atoms with Crippen molar-refractivity contribution >= 4 is 23.8 Å². The summed E-state index contributed by atoms with van der Waals surface area (Å²) in [5, 5.41) is 6.78. The first kappa shape index (κ1) is 11.6. The van der Waals surface area contributed by atoms with E-state index in [1.54, 1.807) is 0 Å². The van der Waals surface area contributed by atoms with Crippen molar-refractivity contribution in [2.45, 2.75) is 32.2 Å². The van der Waals surface area contributed by atoms with Crippen LogP contribution in [0.2, 0.25) is 0 Å². The number of hydrogen-bond acceptors (Lipinski definition) is 4. The molecule has 1 saturated carbocycles. The van der Waals surface area contributed by atoms with E-state index in [2.05, 4.69) is 16.0 Å². The third-order valence-electron chi connectivity index (χ3n) is 3.30. The van der Waals surface area contributed by atoms with Crippen molar-refractivity contribution in [1.29, 1.82) is 0 Å². The molecule has 3 N–H and O–H groups in total. The summed E-state index contributed by atoms with van der Waals surface area (Å²) in [6.45, 7) is 1.33. The van der Waals surface area contributed by atoms with Crippen LogP contribution in [0.4, 0.5) is 4.79 Å². The molecule has 2 rings (SSSR count). The predicted molar refractivity (Wildman–Crippen MR) is 55.6 cm³/mol. The minimum atomic E-state index is -1.33. The normalized spacial score (nSPS) is 26.6. The Morgan fingerprint density at radius 1 is 1.29 bits per heavy atom. The summed E-state index contributed by atoms with van der Waals surface area (Å²) in [6.07, 6.45) is 1.54. The highest BCUT2D eigenvalue weighted by Gasteiger charge is 2.58. The fraction of sp³-hybridized carbons (Fsp3) is 0.600. The number of barbiturate groups is 1. The molecule has 2 aliphatic rings. The van der Waals surface area contributed by atoms with Gasteiger partial charge in [0.05, 0.1) is 6.04 Å². The first-order valence-corrected chi connectivity index (χ1v) is 5.41. The van der Waals surface area contributed by atoms with Crippen molar-refractivity contribution in [3.8, 4) is 0 Å². The zero-order valence-corrected chi connectivity index (χ0v) is 9.33. The van der Waals surface area contributed by atoms with E-state index in [1.165, 1.54) is 6.92 Å². The maximum absolute atomic E-state index is 11.9. The van der Waals surface area contributed by atoms with E-state index in [4.69, 9.17) is 0 Å². The van der Waals surface area contributed by atoms with Gasteiger partial charge in [-0.25, -0.2) is 4.79 Å². The molecule has 1 aliphatic heterocycles. The topological polar surface area (TPSA) is 104 Å². The molecule has 0 radical (unpaired) electrons. The van der Waals surface area contributed by atoms with Gasteiger partial charge < -0.3 is 5.32 Å². The van der Waals surface area contributed by atoms with Gasteiger partial charge >= 0.3 is 6.03 Å². The average molecular weight is 239 g/mol. The van der Waals surface area contributed by atoms with Gasteiger partial charge in [0.25, 0.3) is 0 Å². The molecule has 1 heterocycles. The molecule has 92 valence electrons. The smallest absolute Gasteiger partial charge is 0.328 e. The molecule has 0 aromatic carbocycles. The molecule has 1 atom stereocenters. The number of amides is 5. The SMILES string of the molecule is CC(=O)NC1CCCC12C(=O)NC(=O)NC2=O. The summed E-state index contributed by atoms with van der Waals surface area (Å²) in [5.74, 6) is -1.54. The van der Waals surface area contributed by atoms with Gasteiger partial charge in [-0.1, -0.05) is 0 Å². The van der Waals surface area contributed by atoms with Crippen molar-refractivity contribution in [3.05, 3.63) is 0 Å². The molecule has 0 aromatic rings. The number of nitrogens with one attached hydrogen (secondary N) is 3. The lowest BCUT2D eigenvalue weighted by molar-refractivity contribution is -0.145. The standard InChI is InChI=1S/C10H13N3O4/c1-5(14)11-6-3-2-4-10(6)7(15)12-9(17)13-8(10)16/h6H,2-4H2,1H3,(H,11,14)(H2,12,13,15,16,17). The largest absolute Gasteiger partial charge is 0.352 e. The number of carbonyl (C=O) groups is 4. The maximum Gasteiger partial charge on any atom is 0.328 e. The number of hydrogen-bond donors (Lipinski definition) is 3. The lowest BCUT2D eigenvalue weighted by Crippen LogP contribution is -2.67. The van der Waals surface area contributed by atoms with Crippen LogP contribution < -0.4 is 16.0 Å². The van der Waals surface area contributed by atoms with Crippen LogP contribution in [-0.4, -0.2) is 29.8 Å². The number of rotatable bonds is 1. The van der Waals surface area contributed by atoms with Crippen molar-refractivity contribution in [1.82, 2.24) is 16.0 Å². The fourth-order valence-corrected chi connectivity index (χ4v) is 2.55. The number of urea groups is 1. The molecular formula is C10H13N3O4. The van der Waals surface area contributed by atoms with E-state index >= 15 is 0 Å². The van der Waals surface area contributed by atoms with Crippen LogP contribution >= 0.6 is 0 Å². The average Bonchev–Trinajstić information content (AvgIpc) is 2.58. The van der Waals surface area contributed by atoms with Crippen LogP contribution in [0.25, 0.3) is 0 Å². The van der Waals surface area contributed by atoms with Gasteiger partial charge in [-0.05, 0) is 19.3 Å². The number of carbonyl (C=O) groups excluding carboxylic acids is 4. The summed E-state index contributed by atoms with van der Waals surface area (Å²) in [7, 11) is 0. The van der Waals surface area contributed by atoms with E-state index < -0.39 is 29.3 Å². The molecular weight excluding hydrogens is 226 g/mol. The van der Waals surface area contributed by atoms with Crippen LogP contribution in [0.5, 0.6) is 0 Å². The minimum Gasteiger partial charge on any atom is -0.352 e. The van der Waals surface area contributed by atoms with E-state index in [-0.39, 0.29) is 5.91 Å². The second kappa shape index (κ2) is 3.83. The highest BCUT2D eigenvalue weighted by atomic mass is 16.2. The fourth-order valence-electron chi connectivity index (χ4n) is 2.55. The molecule has 0 aromatic heterocycles. The Hall–Kier alpha value is -1.92. The second-order valence-electron chi connectivity index (χ2n) is 4.35. The molecule has 7 nitrogen and oxygen atoms in total. The zero-order chi connectivity index (χ0) is 12.6. The van der Waals surface area contributed by atoms with Crippen molar-refractivity contribution < 1.29 is 19.2 Å². The molecule has 0 bridgehead atoms. The Morgan fingerprint density at radius 2 is 1.88 bits per heavy atom. The van der Waals surface area contributed by atoms with Crippen LogP contribution in [0.15, 0.2) is 0 Å². The Morgan fingerprint density at radius 3 is 2.41 bits per heavy atom. The quantitative estimate of drug-likeness (QED) is 0.512. The molecule has 7 heteroatoms. The highest BCUT2D eigenvalue weighted by Crippen LogP contribution is 2.40. The van der Waals surface area contributed by atoms with Gasteiger partial charge in [0, 0.05) is 6.92 Å². The van der Waals surface area contributed by atoms with E-state index in [0.29, 0.717) is 19.3 Å². The van der Waals surface area contributed by atoms with Gasteiger partial charge in [0.15, 0.2) is 0 Å². The van der Waals surface area contributed by atoms with Crippen LogP contribution in [0.1, 0.15) is 26.2 Å². The van der Waals surface area contributed by atoms with Gasteiger partial charge in [0.1, 0.15) is 5.41 Å². The van der Waals surface area contributed by atoms with Crippen molar-refractivity contribution in [3.63, 3.8) is 0 Å². The number of imide groups is 2. The molecule has 17 heavy (non-hydrogen) atoms. The lowest BCUT2D eigenvalue weighted by Gasteiger charge is -2.35. The molecule has 5 amide bonds. The van der Waals surface area contributed by atoms with Gasteiger partial charge in [0.2, 0.25) is 17.7 Å². The van der Waals surface area contributed by atoms with Gasteiger partial charge in [-0.2, -0.15) is 0 Å². The molecule has 1 spiro atoms. The van der Waals surface area contributed by atoms with Crippen molar-refractivity contribution in [2.24, 2.45) is 5.41 Å².